The highest BCUT2D eigenvalue weighted by atomic mass is 79.9. The summed E-state index contributed by atoms with van der Waals surface area (Å²) in [5.41, 5.74) is 1.15. The van der Waals surface area contributed by atoms with E-state index in [0.29, 0.717) is 22.7 Å². The molecular weight excluding hydrogens is 466 g/mol. The third-order valence-electron chi connectivity index (χ3n) is 4.38. The van der Waals surface area contributed by atoms with Crippen molar-refractivity contribution in [2.24, 2.45) is 0 Å². The average Bonchev–Trinajstić information content (AvgIpc) is 3.13. The molecule has 0 aliphatic rings. The molecule has 0 fully saturated rings. The van der Waals surface area contributed by atoms with Crippen LogP contribution in [0, 0.1) is 6.92 Å². The van der Waals surface area contributed by atoms with Gasteiger partial charge in [-0.15, -0.1) is 4.57 Å². The second-order valence-corrected chi connectivity index (χ2v) is 7.58. The number of rotatable bonds is 5. The maximum atomic E-state index is 12.6. The van der Waals surface area contributed by atoms with Crippen LogP contribution in [-0.4, -0.2) is 21.4 Å². The normalized spacial score (nSPS) is 10.8. The minimum absolute atomic E-state index is 0.185. The predicted octanol–water partition coefficient (Wildman–Crippen LogP) is 3.97. The van der Waals surface area contributed by atoms with E-state index in [0.717, 1.165) is 9.05 Å². The van der Waals surface area contributed by atoms with Gasteiger partial charge >= 0.3 is 5.97 Å². The van der Waals surface area contributed by atoms with Gasteiger partial charge in [0.05, 0.1) is 16.9 Å². The summed E-state index contributed by atoms with van der Waals surface area (Å²) in [5.74, 6) is -0.477. The Morgan fingerprint density at radius 2 is 1.87 bits per heavy atom. The second-order valence-electron chi connectivity index (χ2n) is 6.67. The molecule has 2 aromatic carbocycles. The van der Waals surface area contributed by atoms with Crippen molar-refractivity contribution < 1.29 is 18.8 Å². The largest absolute Gasteiger partial charge is 0.456 e. The maximum absolute atomic E-state index is 12.6. The summed E-state index contributed by atoms with van der Waals surface area (Å²) in [6.45, 7) is 1.50. The van der Waals surface area contributed by atoms with Crippen LogP contribution in [0.25, 0.3) is 5.65 Å². The third-order valence-corrected chi connectivity index (χ3v) is 4.91. The zero-order valence-electron chi connectivity index (χ0n) is 16.3. The highest BCUT2D eigenvalue weighted by molar-refractivity contribution is 9.10. The molecular formula is C22H16BrN3O5. The summed E-state index contributed by atoms with van der Waals surface area (Å²) in [4.78, 5) is 41.5. The Balaban J connectivity index is 1.50. The van der Waals surface area contributed by atoms with E-state index in [4.69, 9.17) is 9.26 Å². The van der Waals surface area contributed by atoms with E-state index in [1.54, 1.807) is 61.5 Å². The summed E-state index contributed by atoms with van der Waals surface area (Å²) in [6.07, 6.45) is 0. The lowest BCUT2D eigenvalue weighted by atomic mass is 10.1. The summed E-state index contributed by atoms with van der Waals surface area (Å²) >= 11 is 3.32. The number of hydrogen-bond acceptors (Lipinski definition) is 6. The number of para-hydroxylation sites is 1. The fourth-order valence-electron chi connectivity index (χ4n) is 2.93. The number of hydrogen-bond donors (Lipinski definition) is 1. The molecule has 0 spiro atoms. The Kier molecular flexibility index (Phi) is 5.68. The number of fused-ring (bicyclic) bond motifs is 1. The summed E-state index contributed by atoms with van der Waals surface area (Å²) < 4.78 is 12.5. The number of halogens is 1. The molecule has 0 unspecified atom stereocenters. The lowest BCUT2D eigenvalue weighted by Crippen LogP contribution is -2.17. The highest BCUT2D eigenvalue weighted by Gasteiger charge is 2.16. The Bertz CT molecular complexity index is 1340. The first kappa shape index (κ1) is 20.5. The molecule has 1 amide bonds. The van der Waals surface area contributed by atoms with E-state index >= 15 is 0 Å². The number of carbonyl (C=O) groups excluding carboxylic acids is 2. The van der Waals surface area contributed by atoms with Crippen molar-refractivity contribution in [2.75, 3.05) is 5.32 Å². The molecule has 0 aliphatic carbocycles. The van der Waals surface area contributed by atoms with Gasteiger partial charge in [0.2, 0.25) is 0 Å². The zero-order valence-corrected chi connectivity index (χ0v) is 17.9. The Hall–Kier alpha value is -3.72. The van der Waals surface area contributed by atoms with Gasteiger partial charge in [0.15, 0.2) is 5.65 Å². The summed E-state index contributed by atoms with van der Waals surface area (Å²) in [7, 11) is 0. The van der Waals surface area contributed by atoms with Crippen LogP contribution in [0.2, 0.25) is 0 Å². The first-order valence-corrected chi connectivity index (χ1v) is 10.0. The number of ether oxygens (including phenoxy) is 1. The predicted molar refractivity (Wildman–Crippen MR) is 116 cm³/mol. The van der Waals surface area contributed by atoms with Crippen molar-refractivity contribution in [3.05, 3.63) is 98.1 Å². The minimum Gasteiger partial charge on any atom is -0.456 e. The molecule has 8 nitrogen and oxygen atoms in total. The SMILES string of the molecule is Cc1cc2nc(COC(=O)c3ccccc3NC(=O)c3ccc(Br)cc3)cc(=O)n2o1. The number of aromatic nitrogens is 2. The molecule has 0 saturated carbocycles. The van der Waals surface area contributed by atoms with Gasteiger partial charge in [0, 0.05) is 22.2 Å². The fourth-order valence-corrected chi connectivity index (χ4v) is 3.20. The van der Waals surface area contributed by atoms with Gasteiger partial charge in [0.25, 0.3) is 11.5 Å². The molecule has 0 aliphatic heterocycles. The molecule has 2 aromatic heterocycles. The van der Waals surface area contributed by atoms with Crippen LogP contribution < -0.4 is 10.9 Å². The van der Waals surface area contributed by atoms with Crippen LogP contribution in [0.5, 0.6) is 0 Å². The van der Waals surface area contributed by atoms with Gasteiger partial charge in [-0.1, -0.05) is 28.1 Å². The molecule has 4 aromatic rings. The summed E-state index contributed by atoms with van der Waals surface area (Å²) in [5, 5.41) is 2.72. The second kappa shape index (κ2) is 8.57. The number of nitrogens with one attached hydrogen (secondary N) is 1. The number of anilines is 1. The first-order valence-electron chi connectivity index (χ1n) is 9.23. The third kappa shape index (κ3) is 4.56. The van der Waals surface area contributed by atoms with Gasteiger partial charge in [-0.05, 0) is 43.3 Å². The van der Waals surface area contributed by atoms with Crippen LogP contribution in [0.4, 0.5) is 5.69 Å². The van der Waals surface area contributed by atoms with Crippen molar-refractivity contribution in [1.29, 1.82) is 0 Å². The number of aryl methyl sites for hydroxylation is 1. The van der Waals surface area contributed by atoms with E-state index in [2.05, 4.69) is 26.2 Å². The van der Waals surface area contributed by atoms with Gasteiger partial charge in [-0.3, -0.25) is 9.59 Å². The summed E-state index contributed by atoms with van der Waals surface area (Å²) in [6, 6.07) is 16.2. The average molecular weight is 482 g/mol. The van der Waals surface area contributed by atoms with Crippen LogP contribution in [0.15, 0.2) is 74.5 Å². The molecule has 0 radical (unpaired) electrons. The van der Waals surface area contributed by atoms with Crippen molar-refractivity contribution >= 4 is 39.1 Å². The van der Waals surface area contributed by atoms with Crippen LogP contribution in [-0.2, 0) is 11.3 Å². The molecule has 0 atom stereocenters. The minimum atomic E-state index is -0.655. The van der Waals surface area contributed by atoms with Crippen molar-refractivity contribution in [3.8, 4) is 0 Å². The number of benzene rings is 2. The first-order chi connectivity index (χ1) is 14.9. The Morgan fingerprint density at radius 3 is 2.65 bits per heavy atom. The van der Waals surface area contributed by atoms with Gasteiger partial charge in [-0.2, -0.15) is 0 Å². The van der Waals surface area contributed by atoms with Gasteiger partial charge in [0.1, 0.15) is 12.4 Å². The lowest BCUT2D eigenvalue weighted by molar-refractivity contribution is 0.0469. The van der Waals surface area contributed by atoms with E-state index in [1.165, 1.54) is 6.07 Å². The smallest absolute Gasteiger partial charge is 0.340 e. The molecule has 4 rings (SSSR count). The maximum Gasteiger partial charge on any atom is 0.340 e. The highest BCUT2D eigenvalue weighted by Crippen LogP contribution is 2.19. The lowest BCUT2D eigenvalue weighted by Gasteiger charge is -2.11. The molecule has 0 saturated heterocycles. The fraction of sp³-hybridized carbons (Fsp3) is 0.0909. The van der Waals surface area contributed by atoms with Crippen molar-refractivity contribution in [2.45, 2.75) is 13.5 Å². The van der Waals surface area contributed by atoms with Crippen molar-refractivity contribution in [3.63, 3.8) is 0 Å². The Morgan fingerprint density at radius 1 is 1.13 bits per heavy atom. The number of nitrogens with zero attached hydrogens (tertiary/aromatic N) is 2. The topological polar surface area (TPSA) is 103 Å². The van der Waals surface area contributed by atoms with Gasteiger partial charge < -0.3 is 14.6 Å². The Labute approximate surface area is 184 Å². The molecule has 0 bridgehead atoms. The van der Waals surface area contributed by atoms with Crippen LogP contribution >= 0.6 is 15.9 Å². The van der Waals surface area contributed by atoms with E-state index in [1.807, 2.05) is 0 Å². The van der Waals surface area contributed by atoms with Crippen LogP contribution in [0.3, 0.4) is 0 Å². The molecule has 2 heterocycles. The van der Waals surface area contributed by atoms with E-state index in [-0.39, 0.29) is 23.8 Å². The monoisotopic (exact) mass is 481 g/mol. The molecule has 31 heavy (non-hydrogen) atoms. The quantitative estimate of drug-likeness (QED) is 0.432. The van der Waals surface area contributed by atoms with E-state index in [9.17, 15) is 14.4 Å². The number of amides is 1. The molecule has 1 N–H and O–H groups in total. The molecule has 156 valence electrons. The number of carbonyl (C=O) groups is 2. The zero-order chi connectivity index (χ0) is 22.0. The van der Waals surface area contributed by atoms with Crippen LogP contribution in [0.1, 0.15) is 32.2 Å². The number of esters is 1. The van der Waals surface area contributed by atoms with E-state index < -0.39 is 11.5 Å². The van der Waals surface area contributed by atoms with Crippen molar-refractivity contribution in [1.82, 2.24) is 9.56 Å². The molecule has 9 heteroatoms. The van der Waals surface area contributed by atoms with Gasteiger partial charge in [-0.25, -0.2) is 9.78 Å². The standard InChI is InChI=1S/C22H16BrN3O5/c1-13-10-19-24-16(11-20(27)26(19)31-13)12-30-22(29)17-4-2-3-5-18(17)25-21(28)14-6-8-15(23)9-7-14/h2-11H,12H2,1H3,(H,25,28).